The SMILES string of the molecule is C.C.C=C/C=C(C=C)\C(C)=C/C.CC.CC.CC. The van der Waals surface area contributed by atoms with Gasteiger partial charge in [0.2, 0.25) is 0 Å². The van der Waals surface area contributed by atoms with Gasteiger partial charge in [-0.3, -0.25) is 0 Å². The predicted octanol–water partition coefficient (Wildman–Crippen LogP) is 7.60. The maximum atomic E-state index is 3.69. The van der Waals surface area contributed by atoms with E-state index in [0.717, 1.165) is 5.57 Å². The fourth-order valence-corrected chi connectivity index (χ4v) is 0.654. The first-order chi connectivity index (χ1) is 7.76. The number of allylic oxidation sites excluding steroid dienone is 6. The van der Waals surface area contributed by atoms with Gasteiger partial charge in [-0.15, -0.1) is 0 Å². The number of rotatable bonds is 3. The van der Waals surface area contributed by atoms with Crippen LogP contribution in [0, 0.1) is 0 Å². The molecule has 0 fully saturated rings. The molecule has 0 aliphatic carbocycles. The smallest absolute Gasteiger partial charge is 0.0237 e. The zero-order chi connectivity index (χ0) is 14.0. The van der Waals surface area contributed by atoms with Crippen LogP contribution in [0.5, 0.6) is 0 Å². The molecule has 0 radical (unpaired) electrons. The van der Waals surface area contributed by atoms with Gasteiger partial charge in [-0.05, 0) is 25.0 Å². The summed E-state index contributed by atoms with van der Waals surface area (Å²) in [5.74, 6) is 0. The van der Waals surface area contributed by atoms with Gasteiger partial charge in [0.1, 0.15) is 0 Å². The molecule has 112 valence electrons. The van der Waals surface area contributed by atoms with Crippen molar-refractivity contribution in [1.29, 1.82) is 0 Å². The molecule has 0 saturated carbocycles. The first-order valence-electron chi connectivity index (χ1n) is 6.34. The summed E-state index contributed by atoms with van der Waals surface area (Å²) in [5.41, 5.74) is 2.37. The quantitative estimate of drug-likeness (QED) is 0.456. The van der Waals surface area contributed by atoms with Gasteiger partial charge in [-0.1, -0.05) is 93.9 Å². The topological polar surface area (TPSA) is 0 Å². The monoisotopic (exact) mass is 256 g/mol. The minimum Gasteiger partial charge on any atom is -0.0990 e. The summed E-state index contributed by atoms with van der Waals surface area (Å²) in [6.07, 6.45) is 7.60. The average Bonchev–Trinajstić information content (AvgIpc) is 2.42. The Balaban J connectivity index is -0.0000000394. The van der Waals surface area contributed by atoms with Gasteiger partial charge in [0, 0.05) is 0 Å². The van der Waals surface area contributed by atoms with Gasteiger partial charge in [-0.2, -0.15) is 0 Å². The Morgan fingerprint density at radius 2 is 1.17 bits per heavy atom. The van der Waals surface area contributed by atoms with Crippen molar-refractivity contribution in [3.05, 3.63) is 48.6 Å². The van der Waals surface area contributed by atoms with Crippen LogP contribution < -0.4 is 0 Å². The first-order valence-corrected chi connectivity index (χ1v) is 6.34. The third-order valence-corrected chi connectivity index (χ3v) is 1.41. The highest BCUT2D eigenvalue weighted by atomic mass is 13.9. The van der Waals surface area contributed by atoms with Crippen LogP contribution >= 0.6 is 0 Å². The van der Waals surface area contributed by atoms with E-state index in [4.69, 9.17) is 0 Å². The van der Waals surface area contributed by atoms with E-state index in [1.54, 1.807) is 6.08 Å². The van der Waals surface area contributed by atoms with Gasteiger partial charge >= 0.3 is 0 Å². The van der Waals surface area contributed by atoms with Crippen LogP contribution in [0.1, 0.15) is 70.2 Å². The number of hydrogen-bond acceptors (Lipinski definition) is 0. The van der Waals surface area contributed by atoms with Gasteiger partial charge in [0.25, 0.3) is 0 Å². The Morgan fingerprint density at radius 1 is 0.833 bits per heavy atom. The number of hydrogen-bond donors (Lipinski definition) is 0. The highest BCUT2D eigenvalue weighted by molar-refractivity contribution is 5.38. The lowest BCUT2D eigenvalue weighted by Gasteiger charge is -1.97. The maximum absolute atomic E-state index is 3.69. The molecule has 18 heavy (non-hydrogen) atoms. The van der Waals surface area contributed by atoms with Crippen LogP contribution in [0.4, 0.5) is 0 Å². The van der Waals surface area contributed by atoms with Crippen LogP contribution in [-0.4, -0.2) is 0 Å². The molecule has 0 aromatic heterocycles. The Kier molecular flexibility index (Phi) is 88.9. The van der Waals surface area contributed by atoms with E-state index in [-0.39, 0.29) is 14.9 Å². The van der Waals surface area contributed by atoms with Crippen molar-refractivity contribution < 1.29 is 0 Å². The molecule has 0 aromatic rings. The minimum atomic E-state index is 0. The van der Waals surface area contributed by atoms with E-state index in [1.165, 1.54) is 5.57 Å². The van der Waals surface area contributed by atoms with Crippen molar-refractivity contribution in [2.45, 2.75) is 70.2 Å². The first kappa shape index (κ1) is 36.0. The van der Waals surface area contributed by atoms with E-state index in [1.807, 2.05) is 60.6 Å². The summed E-state index contributed by atoms with van der Waals surface area (Å²) < 4.78 is 0. The summed E-state index contributed by atoms with van der Waals surface area (Å²) in [6.45, 7) is 23.4. The van der Waals surface area contributed by atoms with Crippen molar-refractivity contribution in [2.75, 3.05) is 0 Å². The molecule has 0 rings (SSSR count). The van der Waals surface area contributed by atoms with Gasteiger partial charge < -0.3 is 0 Å². The van der Waals surface area contributed by atoms with Crippen LogP contribution in [0.2, 0.25) is 0 Å². The lowest BCUT2D eigenvalue weighted by Crippen LogP contribution is -1.77. The standard InChI is InChI=1S/C10H14.3C2H6.2CH4/c1-5-8-10(7-3)9(4)6-2;3*1-2;;/h5-8H,1,3H2,2,4H3;3*1-2H3;2*1H4/b9-6-,10-8-;;;;;. The van der Waals surface area contributed by atoms with Crippen LogP contribution in [0.15, 0.2) is 48.6 Å². The molecule has 0 heteroatoms. The van der Waals surface area contributed by atoms with Gasteiger partial charge in [0.15, 0.2) is 0 Å². The van der Waals surface area contributed by atoms with Crippen LogP contribution in [0.25, 0.3) is 0 Å². The molecule has 0 aliphatic rings. The van der Waals surface area contributed by atoms with E-state index in [9.17, 15) is 0 Å². The lowest BCUT2D eigenvalue weighted by atomic mass is 10.1. The summed E-state index contributed by atoms with van der Waals surface area (Å²) in [7, 11) is 0. The van der Waals surface area contributed by atoms with Crippen molar-refractivity contribution in [1.82, 2.24) is 0 Å². The molecule has 0 aliphatic heterocycles. The molecule has 0 nitrogen and oxygen atoms in total. The fraction of sp³-hybridized carbons (Fsp3) is 0.556. The largest absolute Gasteiger partial charge is 0.0990 e. The Hall–Kier alpha value is -1.04. The average molecular weight is 257 g/mol. The summed E-state index contributed by atoms with van der Waals surface area (Å²) in [5, 5.41) is 0. The van der Waals surface area contributed by atoms with Crippen molar-refractivity contribution in [2.24, 2.45) is 0 Å². The molecule has 0 spiro atoms. The molecule has 0 N–H and O–H groups in total. The van der Waals surface area contributed by atoms with E-state index < -0.39 is 0 Å². The zero-order valence-electron chi connectivity index (χ0n) is 12.7. The molecule has 0 saturated heterocycles. The Labute approximate surface area is 119 Å². The second-order valence-electron chi connectivity index (χ2n) is 2.03. The minimum absolute atomic E-state index is 0. The van der Waals surface area contributed by atoms with E-state index in [2.05, 4.69) is 26.2 Å². The van der Waals surface area contributed by atoms with Crippen molar-refractivity contribution in [3.8, 4) is 0 Å². The molecule has 0 aromatic carbocycles. The summed E-state index contributed by atoms with van der Waals surface area (Å²) in [4.78, 5) is 0. The van der Waals surface area contributed by atoms with Crippen LogP contribution in [0.3, 0.4) is 0 Å². The Morgan fingerprint density at radius 3 is 1.33 bits per heavy atom. The molecule has 0 unspecified atom stereocenters. The fourth-order valence-electron chi connectivity index (χ4n) is 0.654. The molecule has 0 heterocycles. The second-order valence-corrected chi connectivity index (χ2v) is 2.03. The van der Waals surface area contributed by atoms with Gasteiger partial charge in [0.05, 0.1) is 0 Å². The molecule has 0 bridgehead atoms. The lowest BCUT2D eigenvalue weighted by molar-refractivity contribution is 1.40. The van der Waals surface area contributed by atoms with Crippen molar-refractivity contribution >= 4 is 0 Å². The molecule has 0 atom stereocenters. The second kappa shape index (κ2) is 44.5. The molecular weight excluding hydrogens is 216 g/mol. The molecular formula is C18H40. The zero-order valence-corrected chi connectivity index (χ0v) is 12.7. The third-order valence-electron chi connectivity index (χ3n) is 1.41. The highest BCUT2D eigenvalue weighted by Crippen LogP contribution is 2.09. The van der Waals surface area contributed by atoms with E-state index in [0.29, 0.717) is 0 Å². The summed E-state index contributed by atoms with van der Waals surface area (Å²) in [6, 6.07) is 0. The van der Waals surface area contributed by atoms with Gasteiger partial charge in [-0.25, -0.2) is 0 Å². The predicted molar refractivity (Wildman–Crippen MR) is 95.4 cm³/mol. The third kappa shape index (κ3) is 29.4. The summed E-state index contributed by atoms with van der Waals surface area (Å²) >= 11 is 0. The highest BCUT2D eigenvalue weighted by Gasteiger charge is 1.89. The Bertz CT molecular complexity index is 180. The van der Waals surface area contributed by atoms with Crippen molar-refractivity contribution in [3.63, 3.8) is 0 Å². The van der Waals surface area contributed by atoms with Crippen LogP contribution in [-0.2, 0) is 0 Å². The maximum Gasteiger partial charge on any atom is -0.0237 e. The normalized spacial score (nSPS) is 8.22. The van der Waals surface area contributed by atoms with E-state index >= 15 is 0 Å². The molecule has 0 amide bonds.